The van der Waals surface area contributed by atoms with Gasteiger partial charge in [-0.25, -0.2) is 0 Å². The Bertz CT molecular complexity index is 971. The maximum atomic E-state index is 13.0. The molecule has 0 unspecified atom stereocenters. The number of carboxylic acid groups (broad SMARTS) is 1. The van der Waals surface area contributed by atoms with Gasteiger partial charge in [-0.05, 0) is 60.9 Å². The highest BCUT2D eigenvalue weighted by Crippen LogP contribution is 2.29. The molecule has 25 heavy (non-hydrogen) atoms. The van der Waals surface area contributed by atoms with Crippen molar-refractivity contribution >= 4 is 34.4 Å². The normalized spacial score (nSPS) is 11.0. The van der Waals surface area contributed by atoms with Crippen LogP contribution in [-0.4, -0.2) is 21.6 Å². The second kappa shape index (κ2) is 6.73. The first-order valence-electron chi connectivity index (χ1n) is 8.07. The Labute approximate surface area is 150 Å². The van der Waals surface area contributed by atoms with Crippen LogP contribution in [0.4, 0.5) is 0 Å². The fourth-order valence-corrected chi connectivity index (χ4v) is 3.23. The third-order valence-electron chi connectivity index (χ3n) is 4.43. The van der Waals surface area contributed by atoms with E-state index in [9.17, 15) is 14.7 Å². The number of aryl methyl sites for hydroxylation is 1. The summed E-state index contributed by atoms with van der Waals surface area (Å²) in [4.78, 5) is 24.3. The van der Waals surface area contributed by atoms with Gasteiger partial charge in [0.2, 0.25) is 0 Å². The predicted octanol–water partition coefficient (Wildman–Crippen LogP) is 4.48. The molecule has 0 saturated carbocycles. The van der Waals surface area contributed by atoms with Crippen LogP contribution < -0.4 is 0 Å². The Morgan fingerprint density at radius 3 is 2.40 bits per heavy atom. The van der Waals surface area contributed by atoms with Crippen molar-refractivity contribution in [1.82, 2.24) is 4.57 Å². The van der Waals surface area contributed by atoms with Crippen LogP contribution in [0, 0.1) is 6.92 Å². The van der Waals surface area contributed by atoms with Gasteiger partial charge < -0.3 is 5.11 Å². The van der Waals surface area contributed by atoms with E-state index in [-0.39, 0.29) is 12.3 Å². The summed E-state index contributed by atoms with van der Waals surface area (Å²) in [5.74, 6) is -1.11. The SMILES string of the molecule is CCc1ccc2c(c1)c(CC(=O)O)c(C)n2C(=O)c1ccc(Cl)cc1. The molecule has 2 aromatic carbocycles. The first kappa shape index (κ1) is 17.2. The summed E-state index contributed by atoms with van der Waals surface area (Å²) in [6.07, 6.45) is 0.730. The molecule has 0 radical (unpaired) electrons. The molecular formula is C20H18ClNO3. The predicted molar refractivity (Wildman–Crippen MR) is 98.6 cm³/mol. The fraction of sp³-hybridized carbons (Fsp3) is 0.200. The van der Waals surface area contributed by atoms with E-state index in [1.54, 1.807) is 35.8 Å². The maximum absolute atomic E-state index is 13.0. The molecule has 1 heterocycles. The van der Waals surface area contributed by atoms with E-state index in [0.717, 1.165) is 22.9 Å². The minimum Gasteiger partial charge on any atom is -0.481 e. The van der Waals surface area contributed by atoms with E-state index in [1.807, 2.05) is 25.1 Å². The molecule has 1 aromatic heterocycles. The molecule has 3 aromatic rings. The average molecular weight is 356 g/mol. The lowest BCUT2D eigenvalue weighted by molar-refractivity contribution is -0.136. The van der Waals surface area contributed by atoms with Gasteiger partial charge in [-0.1, -0.05) is 24.6 Å². The maximum Gasteiger partial charge on any atom is 0.307 e. The first-order chi connectivity index (χ1) is 11.9. The molecule has 3 rings (SSSR count). The summed E-state index contributed by atoms with van der Waals surface area (Å²) in [6.45, 7) is 3.83. The zero-order valence-corrected chi connectivity index (χ0v) is 14.8. The van der Waals surface area contributed by atoms with Gasteiger partial charge in [0.25, 0.3) is 5.91 Å². The lowest BCUT2D eigenvalue weighted by Crippen LogP contribution is -2.14. The van der Waals surface area contributed by atoms with Crippen LogP contribution in [0.15, 0.2) is 42.5 Å². The van der Waals surface area contributed by atoms with Crippen molar-refractivity contribution < 1.29 is 14.7 Å². The summed E-state index contributed by atoms with van der Waals surface area (Å²) in [6, 6.07) is 12.5. The largest absolute Gasteiger partial charge is 0.481 e. The number of fused-ring (bicyclic) bond motifs is 1. The van der Waals surface area contributed by atoms with E-state index in [4.69, 9.17) is 11.6 Å². The minimum absolute atomic E-state index is 0.115. The van der Waals surface area contributed by atoms with Crippen LogP contribution in [0.25, 0.3) is 10.9 Å². The minimum atomic E-state index is -0.914. The Hall–Kier alpha value is -2.59. The number of halogens is 1. The summed E-state index contributed by atoms with van der Waals surface area (Å²) >= 11 is 5.90. The molecule has 4 nitrogen and oxygen atoms in total. The summed E-state index contributed by atoms with van der Waals surface area (Å²) < 4.78 is 1.59. The first-order valence-corrected chi connectivity index (χ1v) is 8.45. The number of carbonyl (C=O) groups is 2. The quantitative estimate of drug-likeness (QED) is 0.750. The monoisotopic (exact) mass is 355 g/mol. The zero-order chi connectivity index (χ0) is 18.1. The Kier molecular flexibility index (Phi) is 4.64. The van der Waals surface area contributed by atoms with Crippen LogP contribution in [0.1, 0.15) is 34.1 Å². The van der Waals surface area contributed by atoms with Crippen LogP contribution in [-0.2, 0) is 17.6 Å². The van der Waals surface area contributed by atoms with Crippen molar-refractivity contribution in [1.29, 1.82) is 0 Å². The number of aromatic nitrogens is 1. The molecule has 0 fully saturated rings. The number of hydrogen-bond acceptors (Lipinski definition) is 2. The van der Waals surface area contributed by atoms with Crippen LogP contribution in [0.5, 0.6) is 0 Å². The molecule has 0 saturated heterocycles. The molecule has 0 aliphatic rings. The Morgan fingerprint density at radius 1 is 1.12 bits per heavy atom. The highest BCUT2D eigenvalue weighted by atomic mass is 35.5. The lowest BCUT2D eigenvalue weighted by Gasteiger charge is -2.08. The highest BCUT2D eigenvalue weighted by Gasteiger charge is 2.21. The lowest BCUT2D eigenvalue weighted by atomic mass is 10.0. The Balaban J connectivity index is 2.23. The number of carboxylic acids is 1. The molecule has 0 amide bonds. The van der Waals surface area contributed by atoms with Crippen LogP contribution in [0.3, 0.4) is 0 Å². The van der Waals surface area contributed by atoms with Crippen molar-refractivity contribution in [2.75, 3.05) is 0 Å². The van der Waals surface area contributed by atoms with Gasteiger partial charge >= 0.3 is 5.97 Å². The number of nitrogens with zero attached hydrogens (tertiary/aromatic N) is 1. The van der Waals surface area contributed by atoms with E-state index in [0.29, 0.717) is 21.8 Å². The molecule has 0 spiro atoms. The average Bonchev–Trinajstić information content (AvgIpc) is 2.86. The molecular weight excluding hydrogens is 338 g/mol. The van der Waals surface area contributed by atoms with Crippen LogP contribution in [0.2, 0.25) is 5.02 Å². The zero-order valence-electron chi connectivity index (χ0n) is 14.0. The molecule has 0 aliphatic carbocycles. The standard InChI is InChI=1S/C20H18ClNO3/c1-3-13-4-9-18-17(10-13)16(11-19(23)24)12(2)22(18)20(25)14-5-7-15(21)8-6-14/h4-10H,3,11H2,1-2H3,(H,23,24). The van der Waals surface area contributed by atoms with Crippen LogP contribution >= 0.6 is 11.6 Å². The van der Waals surface area contributed by atoms with E-state index < -0.39 is 5.97 Å². The van der Waals surface area contributed by atoms with Crippen molar-refractivity contribution in [2.24, 2.45) is 0 Å². The summed E-state index contributed by atoms with van der Waals surface area (Å²) in [5.41, 5.74) is 3.68. The van der Waals surface area contributed by atoms with E-state index in [1.165, 1.54) is 0 Å². The number of carbonyl (C=O) groups excluding carboxylic acids is 1. The van der Waals surface area contributed by atoms with Gasteiger partial charge in [0.1, 0.15) is 0 Å². The number of hydrogen-bond donors (Lipinski definition) is 1. The van der Waals surface area contributed by atoms with E-state index in [2.05, 4.69) is 0 Å². The summed E-state index contributed by atoms with van der Waals surface area (Å²) in [5, 5.41) is 10.6. The highest BCUT2D eigenvalue weighted by molar-refractivity contribution is 6.30. The molecule has 128 valence electrons. The van der Waals surface area contributed by atoms with Gasteiger partial charge in [0.05, 0.1) is 11.9 Å². The molecule has 0 bridgehead atoms. The molecule has 0 aliphatic heterocycles. The van der Waals surface area contributed by atoms with Gasteiger partial charge in [-0.15, -0.1) is 0 Å². The van der Waals surface area contributed by atoms with Crippen molar-refractivity contribution in [3.05, 3.63) is 69.9 Å². The van der Waals surface area contributed by atoms with E-state index >= 15 is 0 Å². The second-order valence-corrected chi connectivity index (χ2v) is 6.42. The third kappa shape index (κ3) is 3.17. The molecule has 1 N–H and O–H groups in total. The Morgan fingerprint density at radius 2 is 1.80 bits per heavy atom. The summed E-state index contributed by atoms with van der Waals surface area (Å²) in [7, 11) is 0. The van der Waals surface area contributed by atoms with Crippen molar-refractivity contribution in [3.8, 4) is 0 Å². The van der Waals surface area contributed by atoms with Crippen molar-refractivity contribution in [2.45, 2.75) is 26.7 Å². The molecule has 5 heteroatoms. The van der Waals surface area contributed by atoms with Gasteiger partial charge in [-0.3, -0.25) is 14.2 Å². The van der Waals surface area contributed by atoms with Gasteiger partial charge in [-0.2, -0.15) is 0 Å². The smallest absolute Gasteiger partial charge is 0.307 e. The fourth-order valence-electron chi connectivity index (χ4n) is 3.11. The van der Waals surface area contributed by atoms with Gasteiger partial charge in [0.15, 0.2) is 0 Å². The number of aliphatic carboxylic acids is 1. The topological polar surface area (TPSA) is 59.3 Å². The number of benzene rings is 2. The molecule has 0 atom stereocenters. The number of rotatable bonds is 4. The van der Waals surface area contributed by atoms with Gasteiger partial charge in [0, 0.05) is 21.7 Å². The third-order valence-corrected chi connectivity index (χ3v) is 4.68. The second-order valence-electron chi connectivity index (χ2n) is 5.99. The van der Waals surface area contributed by atoms with Crippen molar-refractivity contribution in [3.63, 3.8) is 0 Å².